The molecule has 4 fully saturated rings. The van der Waals surface area contributed by atoms with Gasteiger partial charge in [-0.3, -0.25) is 19.3 Å². The van der Waals surface area contributed by atoms with Crippen molar-refractivity contribution in [1.82, 2.24) is 10.2 Å². The number of carbonyl (C=O) groups is 3. The second-order valence-corrected chi connectivity index (χ2v) is 10.5. The Balaban J connectivity index is 1.31. The number of carbonyl (C=O) groups excluding carboxylic acids is 3. The second-order valence-electron chi connectivity index (χ2n) is 9.63. The lowest BCUT2D eigenvalue weighted by Crippen LogP contribution is -2.55. The fraction of sp³-hybridized carbons (Fsp3) is 0.609. The molecule has 0 aromatic heterocycles. The molecule has 1 aromatic rings. The Morgan fingerprint density at radius 1 is 1.07 bits per heavy atom. The van der Waals surface area contributed by atoms with Crippen LogP contribution in [0.5, 0.6) is 0 Å². The van der Waals surface area contributed by atoms with E-state index in [1.807, 2.05) is 6.26 Å². The molecular formula is C23H28N2O3S. The second kappa shape index (κ2) is 7.15. The van der Waals surface area contributed by atoms with Crippen LogP contribution in [0.2, 0.25) is 0 Å². The van der Waals surface area contributed by atoms with E-state index in [2.05, 4.69) is 5.32 Å². The number of hydrogen-bond acceptors (Lipinski definition) is 4. The quantitative estimate of drug-likeness (QED) is 0.728. The number of hydrogen-bond donors (Lipinski definition) is 1. The summed E-state index contributed by atoms with van der Waals surface area (Å²) in [5.41, 5.74) is 1.03. The molecule has 4 saturated carbocycles. The van der Waals surface area contributed by atoms with Crippen LogP contribution in [-0.4, -0.2) is 47.2 Å². The zero-order valence-electron chi connectivity index (χ0n) is 16.9. The highest BCUT2D eigenvalue weighted by Gasteiger charge is 2.51. The summed E-state index contributed by atoms with van der Waals surface area (Å²) < 4.78 is 0. The predicted octanol–water partition coefficient (Wildman–Crippen LogP) is 3.35. The molecule has 29 heavy (non-hydrogen) atoms. The molecule has 6 heteroatoms. The van der Waals surface area contributed by atoms with Crippen molar-refractivity contribution in [3.63, 3.8) is 0 Å². The number of fused-ring (bicyclic) bond motifs is 1. The van der Waals surface area contributed by atoms with Crippen molar-refractivity contribution < 1.29 is 14.4 Å². The molecule has 0 saturated heterocycles. The van der Waals surface area contributed by atoms with Crippen LogP contribution in [0.15, 0.2) is 24.3 Å². The summed E-state index contributed by atoms with van der Waals surface area (Å²) in [6, 6.07) is 6.08. The van der Waals surface area contributed by atoms with Crippen molar-refractivity contribution in [2.75, 3.05) is 18.6 Å². The van der Waals surface area contributed by atoms with E-state index >= 15 is 0 Å². The number of amides is 3. The molecule has 154 valence electrons. The van der Waals surface area contributed by atoms with Gasteiger partial charge in [0.2, 0.25) is 5.91 Å². The maximum absolute atomic E-state index is 13.2. The molecule has 0 spiro atoms. The molecule has 4 aliphatic carbocycles. The first-order valence-electron chi connectivity index (χ1n) is 10.7. The van der Waals surface area contributed by atoms with Crippen molar-refractivity contribution in [3.8, 4) is 0 Å². The van der Waals surface area contributed by atoms with Crippen LogP contribution < -0.4 is 5.32 Å². The van der Waals surface area contributed by atoms with Crippen LogP contribution in [0.3, 0.4) is 0 Å². The summed E-state index contributed by atoms with van der Waals surface area (Å²) in [5.74, 6) is 2.01. The molecule has 1 N–H and O–H groups in total. The van der Waals surface area contributed by atoms with Gasteiger partial charge in [-0.1, -0.05) is 12.1 Å². The molecule has 1 aromatic carbocycles. The number of imide groups is 1. The molecular weight excluding hydrogens is 384 g/mol. The first-order chi connectivity index (χ1) is 14.0. The predicted molar refractivity (Wildman–Crippen MR) is 113 cm³/mol. The summed E-state index contributed by atoms with van der Waals surface area (Å²) in [7, 11) is 0. The molecule has 5 aliphatic rings. The molecule has 1 heterocycles. The van der Waals surface area contributed by atoms with Crippen LogP contribution in [-0.2, 0) is 4.79 Å². The van der Waals surface area contributed by atoms with Crippen LogP contribution >= 0.6 is 11.8 Å². The summed E-state index contributed by atoms with van der Waals surface area (Å²) in [6.45, 7) is 0.684. The number of thioether (sulfide) groups is 1. The van der Waals surface area contributed by atoms with Gasteiger partial charge in [0.05, 0.1) is 11.1 Å². The Labute approximate surface area is 176 Å². The van der Waals surface area contributed by atoms with Crippen molar-refractivity contribution in [2.45, 2.75) is 44.6 Å². The van der Waals surface area contributed by atoms with E-state index in [4.69, 9.17) is 0 Å². The highest BCUT2D eigenvalue weighted by atomic mass is 32.2. The van der Waals surface area contributed by atoms with Crippen molar-refractivity contribution in [1.29, 1.82) is 0 Å². The lowest BCUT2D eigenvalue weighted by Gasteiger charge is -2.57. The molecule has 1 aliphatic heterocycles. The maximum Gasteiger partial charge on any atom is 0.262 e. The number of benzene rings is 1. The summed E-state index contributed by atoms with van der Waals surface area (Å²) in [6.07, 6.45) is 9.68. The van der Waals surface area contributed by atoms with E-state index in [0.717, 1.165) is 17.8 Å². The van der Waals surface area contributed by atoms with E-state index < -0.39 is 6.04 Å². The standard InChI is InChI=1S/C23H28N2O3S/c1-29-12-19(25-21(27)17-4-2-3-5-18(17)22(25)28)20(26)24-13-23-9-14-6-15(10-23)8-16(7-14)11-23/h2-5,14-16,19H,6-13H2,1H3,(H,24,26)/t14?,15?,16?,19-,23?/m0/s1. The van der Waals surface area contributed by atoms with Crippen molar-refractivity contribution in [3.05, 3.63) is 35.4 Å². The van der Waals surface area contributed by atoms with Crippen LogP contribution in [0.25, 0.3) is 0 Å². The normalized spacial score (nSPS) is 33.1. The third-order valence-corrected chi connectivity index (χ3v) is 8.22. The minimum atomic E-state index is -0.758. The largest absolute Gasteiger partial charge is 0.354 e. The summed E-state index contributed by atoms with van der Waals surface area (Å²) in [5, 5.41) is 3.17. The van der Waals surface area contributed by atoms with Gasteiger partial charge in [0.15, 0.2) is 0 Å². The van der Waals surface area contributed by atoms with Crippen LogP contribution in [0.4, 0.5) is 0 Å². The van der Waals surface area contributed by atoms with Crippen LogP contribution in [0, 0.1) is 23.2 Å². The van der Waals surface area contributed by atoms with Gasteiger partial charge in [-0.05, 0) is 80.1 Å². The third kappa shape index (κ3) is 3.20. The Morgan fingerprint density at radius 2 is 1.59 bits per heavy atom. The smallest absolute Gasteiger partial charge is 0.262 e. The number of nitrogens with one attached hydrogen (secondary N) is 1. The number of rotatable bonds is 6. The Morgan fingerprint density at radius 3 is 2.07 bits per heavy atom. The Bertz CT molecular complexity index is 797. The lowest BCUT2D eigenvalue weighted by atomic mass is 9.49. The SMILES string of the molecule is CSC[C@@H](C(=O)NCC12CC3CC(CC(C3)C1)C2)N1C(=O)c2ccccc2C1=O. The zero-order chi connectivity index (χ0) is 20.2. The Kier molecular flexibility index (Phi) is 4.72. The molecule has 3 amide bonds. The van der Waals surface area contributed by atoms with Gasteiger partial charge in [0.25, 0.3) is 11.8 Å². The maximum atomic E-state index is 13.2. The minimum Gasteiger partial charge on any atom is -0.354 e. The lowest BCUT2D eigenvalue weighted by molar-refractivity contribution is -0.126. The topological polar surface area (TPSA) is 66.5 Å². The van der Waals surface area contributed by atoms with Crippen molar-refractivity contribution >= 4 is 29.5 Å². The van der Waals surface area contributed by atoms with Gasteiger partial charge in [-0.15, -0.1) is 0 Å². The summed E-state index contributed by atoms with van der Waals surface area (Å²) >= 11 is 1.49. The fourth-order valence-corrected chi connectivity index (χ4v) is 7.43. The first-order valence-corrected chi connectivity index (χ1v) is 12.1. The van der Waals surface area contributed by atoms with Gasteiger partial charge in [-0.25, -0.2) is 0 Å². The summed E-state index contributed by atoms with van der Waals surface area (Å²) in [4.78, 5) is 40.1. The molecule has 5 nitrogen and oxygen atoms in total. The number of nitrogens with zero attached hydrogens (tertiary/aromatic N) is 1. The average molecular weight is 413 g/mol. The highest BCUT2D eigenvalue weighted by Crippen LogP contribution is 2.59. The van der Waals surface area contributed by atoms with E-state index in [1.54, 1.807) is 24.3 Å². The van der Waals surface area contributed by atoms with E-state index in [-0.39, 0.29) is 23.1 Å². The molecule has 0 unspecified atom stereocenters. The molecule has 0 radical (unpaired) electrons. The van der Waals surface area contributed by atoms with E-state index in [0.29, 0.717) is 23.4 Å². The Hall–Kier alpha value is -1.82. The van der Waals surface area contributed by atoms with Gasteiger partial charge < -0.3 is 5.32 Å². The van der Waals surface area contributed by atoms with Gasteiger partial charge in [-0.2, -0.15) is 11.8 Å². The van der Waals surface area contributed by atoms with Gasteiger partial charge >= 0.3 is 0 Å². The molecule has 6 rings (SSSR count). The van der Waals surface area contributed by atoms with Crippen molar-refractivity contribution in [2.24, 2.45) is 23.2 Å². The first kappa shape index (κ1) is 19.2. The van der Waals surface area contributed by atoms with Crippen LogP contribution in [0.1, 0.15) is 59.2 Å². The van der Waals surface area contributed by atoms with Gasteiger partial charge in [0, 0.05) is 12.3 Å². The minimum absolute atomic E-state index is 0.190. The average Bonchev–Trinajstić information content (AvgIpc) is 2.94. The third-order valence-electron chi connectivity index (χ3n) is 7.57. The zero-order valence-corrected chi connectivity index (χ0v) is 17.7. The molecule has 4 bridgehead atoms. The monoisotopic (exact) mass is 412 g/mol. The highest BCUT2D eigenvalue weighted by molar-refractivity contribution is 7.98. The van der Waals surface area contributed by atoms with E-state index in [1.165, 1.54) is 55.2 Å². The fourth-order valence-electron chi connectivity index (χ4n) is 6.82. The van der Waals surface area contributed by atoms with Gasteiger partial charge in [0.1, 0.15) is 6.04 Å². The molecule has 1 atom stereocenters. The van der Waals surface area contributed by atoms with E-state index in [9.17, 15) is 14.4 Å².